The van der Waals surface area contributed by atoms with Gasteiger partial charge in [0.1, 0.15) is 0 Å². The molecule has 0 aliphatic rings. The van der Waals surface area contributed by atoms with Crippen molar-refractivity contribution in [2.75, 3.05) is 0 Å². The van der Waals surface area contributed by atoms with E-state index in [1.54, 1.807) is 12.3 Å². The van der Waals surface area contributed by atoms with Crippen molar-refractivity contribution in [2.24, 2.45) is 0 Å². The number of alkyl halides is 3. The molecule has 2 aromatic rings. The summed E-state index contributed by atoms with van der Waals surface area (Å²) in [6.45, 7) is 4.89. The quantitative estimate of drug-likeness (QED) is 0.923. The van der Waals surface area contributed by atoms with Crippen molar-refractivity contribution < 1.29 is 13.2 Å². The predicted octanol–water partition coefficient (Wildman–Crippen LogP) is 2.84. The summed E-state index contributed by atoms with van der Waals surface area (Å²) in [5, 5.41) is 11.1. The topological polar surface area (TPSA) is 42.7 Å². The van der Waals surface area contributed by atoms with Gasteiger partial charge < -0.3 is 5.32 Å². The zero-order chi connectivity index (χ0) is 15.5. The minimum Gasteiger partial charge on any atom is -0.309 e. The molecule has 0 radical (unpaired) electrons. The summed E-state index contributed by atoms with van der Waals surface area (Å²) in [4.78, 5) is 0. The molecule has 0 fully saturated rings. The first-order valence-corrected chi connectivity index (χ1v) is 6.63. The van der Waals surface area contributed by atoms with Crippen LogP contribution in [0.25, 0.3) is 0 Å². The molecule has 2 rings (SSSR count). The second-order valence-electron chi connectivity index (χ2n) is 5.14. The second-order valence-corrected chi connectivity index (χ2v) is 5.14. The number of nitrogens with one attached hydrogen (secondary N) is 1. The van der Waals surface area contributed by atoms with Crippen LogP contribution in [0.3, 0.4) is 0 Å². The largest absolute Gasteiger partial charge is 0.416 e. The second kappa shape index (κ2) is 6.26. The molecule has 0 aliphatic heterocycles. The molecule has 1 N–H and O–H groups in total. The van der Waals surface area contributed by atoms with E-state index in [0.29, 0.717) is 18.2 Å². The van der Waals surface area contributed by atoms with Gasteiger partial charge in [-0.25, -0.2) is 4.68 Å². The van der Waals surface area contributed by atoms with Gasteiger partial charge in [-0.3, -0.25) is 0 Å². The lowest BCUT2D eigenvalue weighted by atomic mass is 10.1. The van der Waals surface area contributed by atoms with Gasteiger partial charge in [-0.1, -0.05) is 31.2 Å². The molecule has 0 saturated carbocycles. The standard InChI is InChI=1S/C14H17F3N4/c1-10(2)18-7-13-9-21(20-19-13)8-11-4-3-5-12(6-11)14(15,16)17/h3-6,9-10,18H,7-8H2,1-2H3. The van der Waals surface area contributed by atoms with Crippen LogP contribution in [0.2, 0.25) is 0 Å². The van der Waals surface area contributed by atoms with E-state index in [2.05, 4.69) is 15.6 Å². The molecule has 0 amide bonds. The summed E-state index contributed by atoms with van der Waals surface area (Å²) in [6.07, 6.45) is -2.60. The molecule has 4 nitrogen and oxygen atoms in total. The average molecular weight is 298 g/mol. The number of rotatable bonds is 5. The molecular weight excluding hydrogens is 281 g/mol. The highest BCUT2D eigenvalue weighted by molar-refractivity contribution is 5.25. The van der Waals surface area contributed by atoms with E-state index in [-0.39, 0.29) is 6.54 Å². The van der Waals surface area contributed by atoms with Gasteiger partial charge in [-0.2, -0.15) is 13.2 Å². The van der Waals surface area contributed by atoms with E-state index in [1.807, 2.05) is 13.8 Å². The molecule has 1 aromatic heterocycles. The molecule has 0 spiro atoms. The van der Waals surface area contributed by atoms with Crippen LogP contribution in [-0.4, -0.2) is 21.0 Å². The van der Waals surface area contributed by atoms with Crippen molar-refractivity contribution in [3.63, 3.8) is 0 Å². The van der Waals surface area contributed by atoms with Crippen molar-refractivity contribution in [1.82, 2.24) is 20.3 Å². The summed E-state index contributed by atoms with van der Waals surface area (Å²) in [5.41, 5.74) is 0.649. The third-order valence-corrected chi connectivity index (χ3v) is 2.88. The van der Waals surface area contributed by atoms with E-state index < -0.39 is 11.7 Å². The molecule has 0 aliphatic carbocycles. The minimum atomic E-state index is -4.33. The number of hydrogen-bond donors (Lipinski definition) is 1. The van der Waals surface area contributed by atoms with Crippen LogP contribution in [0.15, 0.2) is 30.5 Å². The highest BCUT2D eigenvalue weighted by Gasteiger charge is 2.30. The maximum atomic E-state index is 12.6. The first kappa shape index (κ1) is 15.5. The summed E-state index contributed by atoms with van der Waals surface area (Å²) < 4.78 is 39.5. The van der Waals surface area contributed by atoms with Gasteiger partial charge in [-0.05, 0) is 17.7 Å². The number of hydrogen-bond acceptors (Lipinski definition) is 3. The molecule has 0 atom stereocenters. The Morgan fingerprint density at radius 3 is 2.71 bits per heavy atom. The van der Waals surface area contributed by atoms with E-state index in [9.17, 15) is 13.2 Å². The highest BCUT2D eigenvalue weighted by atomic mass is 19.4. The summed E-state index contributed by atoms with van der Waals surface area (Å²) in [6, 6.07) is 5.56. The Kier molecular flexibility index (Phi) is 4.62. The molecule has 0 bridgehead atoms. The van der Waals surface area contributed by atoms with Crippen molar-refractivity contribution in [3.8, 4) is 0 Å². The third kappa shape index (κ3) is 4.56. The number of nitrogens with zero attached hydrogens (tertiary/aromatic N) is 3. The van der Waals surface area contributed by atoms with Crippen molar-refractivity contribution in [3.05, 3.63) is 47.3 Å². The Morgan fingerprint density at radius 1 is 1.29 bits per heavy atom. The summed E-state index contributed by atoms with van der Waals surface area (Å²) in [7, 11) is 0. The van der Waals surface area contributed by atoms with E-state index in [1.165, 1.54) is 10.7 Å². The fourth-order valence-electron chi connectivity index (χ4n) is 1.84. The Hall–Kier alpha value is -1.89. The fourth-order valence-corrected chi connectivity index (χ4v) is 1.84. The van der Waals surface area contributed by atoms with Crippen LogP contribution in [0.4, 0.5) is 13.2 Å². The molecule has 1 heterocycles. The van der Waals surface area contributed by atoms with Gasteiger partial charge in [0.25, 0.3) is 0 Å². The molecule has 1 aromatic carbocycles. The molecule has 0 saturated heterocycles. The maximum Gasteiger partial charge on any atom is 0.416 e. The van der Waals surface area contributed by atoms with Crippen LogP contribution in [0.1, 0.15) is 30.7 Å². The normalized spacial score (nSPS) is 12.1. The van der Waals surface area contributed by atoms with Crippen molar-refractivity contribution in [2.45, 2.75) is 39.2 Å². The zero-order valence-electron chi connectivity index (χ0n) is 11.9. The number of benzene rings is 1. The lowest BCUT2D eigenvalue weighted by Crippen LogP contribution is -2.21. The van der Waals surface area contributed by atoms with Gasteiger partial charge in [0.15, 0.2) is 0 Å². The molecular formula is C14H17F3N4. The van der Waals surface area contributed by atoms with Gasteiger partial charge in [0.05, 0.1) is 24.0 Å². The molecule has 21 heavy (non-hydrogen) atoms. The smallest absolute Gasteiger partial charge is 0.309 e. The van der Waals surface area contributed by atoms with Crippen LogP contribution < -0.4 is 5.32 Å². The molecule has 114 valence electrons. The highest BCUT2D eigenvalue weighted by Crippen LogP contribution is 2.29. The van der Waals surface area contributed by atoms with Gasteiger partial charge in [0, 0.05) is 12.6 Å². The predicted molar refractivity (Wildman–Crippen MR) is 72.5 cm³/mol. The van der Waals surface area contributed by atoms with E-state index >= 15 is 0 Å². The summed E-state index contributed by atoms with van der Waals surface area (Å²) in [5.74, 6) is 0. The van der Waals surface area contributed by atoms with Crippen molar-refractivity contribution >= 4 is 0 Å². The first-order valence-electron chi connectivity index (χ1n) is 6.63. The van der Waals surface area contributed by atoms with Crippen LogP contribution in [-0.2, 0) is 19.3 Å². The first-order chi connectivity index (χ1) is 9.84. The SMILES string of the molecule is CC(C)NCc1cn(Cc2cccc(C(F)(F)F)c2)nn1. The van der Waals surface area contributed by atoms with E-state index in [4.69, 9.17) is 0 Å². The average Bonchev–Trinajstić information content (AvgIpc) is 2.83. The third-order valence-electron chi connectivity index (χ3n) is 2.88. The Labute approximate surface area is 121 Å². The lowest BCUT2D eigenvalue weighted by Gasteiger charge is -2.08. The number of halogens is 3. The monoisotopic (exact) mass is 298 g/mol. The van der Waals surface area contributed by atoms with Gasteiger partial charge in [0.2, 0.25) is 0 Å². The van der Waals surface area contributed by atoms with E-state index in [0.717, 1.165) is 17.8 Å². The Morgan fingerprint density at radius 2 is 2.05 bits per heavy atom. The maximum absolute atomic E-state index is 12.6. The van der Waals surface area contributed by atoms with Crippen LogP contribution in [0.5, 0.6) is 0 Å². The Bertz CT molecular complexity index is 590. The Balaban J connectivity index is 2.05. The fraction of sp³-hybridized carbons (Fsp3) is 0.429. The summed E-state index contributed by atoms with van der Waals surface area (Å²) >= 11 is 0. The molecule has 7 heteroatoms. The van der Waals surface area contributed by atoms with Gasteiger partial charge >= 0.3 is 6.18 Å². The lowest BCUT2D eigenvalue weighted by molar-refractivity contribution is -0.137. The van der Waals surface area contributed by atoms with Crippen molar-refractivity contribution in [1.29, 1.82) is 0 Å². The number of aromatic nitrogens is 3. The zero-order valence-corrected chi connectivity index (χ0v) is 11.9. The van der Waals surface area contributed by atoms with Gasteiger partial charge in [-0.15, -0.1) is 5.10 Å². The molecule has 0 unspecified atom stereocenters. The van der Waals surface area contributed by atoms with Crippen LogP contribution >= 0.6 is 0 Å². The van der Waals surface area contributed by atoms with Crippen LogP contribution in [0, 0.1) is 0 Å². The minimum absolute atomic E-state index is 0.262.